The molecule has 1 aliphatic rings. The van der Waals surface area contributed by atoms with Crippen molar-refractivity contribution in [2.75, 3.05) is 5.32 Å². The van der Waals surface area contributed by atoms with Gasteiger partial charge in [-0.1, -0.05) is 59.6 Å². The molecular weight excluding hydrogens is 364 g/mol. The van der Waals surface area contributed by atoms with E-state index in [-0.39, 0.29) is 11.3 Å². The van der Waals surface area contributed by atoms with Crippen molar-refractivity contribution in [3.05, 3.63) is 81.3 Å². The lowest BCUT2D eigenvalue weighted by Crippen LogP contribution is -2.27. The molecule has 0 unspecified atom stereocenters. The highest BCUT2D eigenvalue weighted by Gasteiger charge is 2.51. The molecule has 1 N–H and O–H groups in total. The molecule has 4 rings (SSSR count). The maximum absolute atomic E-state index is 12.8. The van der Waals surface area contributed by atoms with E-state index in [9.17, 15) is 4.79 Å². The average Bonchev–Trinajstić information content (AvgIpc) is 3.33. The summed E-state index contributed by atoms with van der Waals surface area (Å²) in [5, 5.41) is 4.42. The largest absolute Gasteiger partial charge is 0.301 e. The van der Waals surface area contributed by atoms with E-state index in [2.05, 4.69) is 41.5 Å². The van der Waals surface area contributed by atoms with Crippen LogP contribution in [0.3, 0.4) is 0 Å². The number of benzene rings is 2. The molecule has 1 aliphatic carbocycles. The lowest BCUT2D eigenvalue weighted by atomic mass is 9.94. The fourth-order valence-electron chi connectivity index (χ4n) is 3.14. The van der Waals surface area contributed by atoms with E-state index in [0.717, 1.165) is 40.3 Å². The van der Waals surface area contributed by atoms with Gasteiger partial charge in [-0.15, -0.1) is 11.3 Å². The molecule has 0 radical (unpaired) electrons. The summed E-state index contributed by atoms with van der Waals surface area (Å²) in [7, 11) is 0. The minimum absolute atomic E-state index is 0.0417. The number of thiazole rings is 1. The first-order valence-corrected chi connectivity index (χ1v) is 9.83. The molecule has 1 saturated carbocycles. The highest BCUT2D eigenvalue weighted by molar-refractivity contribution is 7.15. The van der Waals surface area contributed by atoms with Crippen LogP contribution in [0, 0.1) is 6.92 Å². The molecule has 1 aromatic heterocycles. The Bertz CT molecular complexity index is 945. The summed E-state index contributed by atoms with van der Waals surface area (Å²) in [5.74, 6) is 0.0417. The Kier molecular flexibility index (Phi) is 4.55. The summed E-state index contributed by atoms with van der Waals surface area (Å²) in [5.41, 5.74) is 2.97. The minimum Gasteiger partial charge on any atom is -0.301 e. The zero-order valence-corrected chi connectivity index (χ0v) is 16.0. The smallest absolute Gasteiger partial charge is 0.236 e. The summed E-state index contributed by atoms with van der Waals surface area (Å²) in [6.45, 7) is 2.06. The normalized spacial score (nSPS) is 14.8. The van der Waals surface area contributed by atoms with E-state index in [1.807, 2.05) is 30.5 Å². The number of carbonyl (C=O) groups is 1. The van der Waals surface area contributed by atoms with Gasteiger partial charge in [-0.3, -0.25) is 4.79 Å². The predicted octanol–water partition coefficient (Wildman–Crippen LogP) is 5.37. The summed E-state index contributed by atoms with van der Waals surface area (Å²) >= 11 is 7.73. The van der Waals surface area contributed by atoms with Crippen LogP contribution in [0.15, 0.2) is 54.7 Å². The molecule has 0 spiro atoms. The molecule has 1 fully saturated rings. The number of aromatic nitrogens is 1. The van der Waals surface area contributed by atoms with Crippen LogP contribution in [0.1, 0.15) is 34.4 Å². The molecule has 3 aromatic rings. The number of nitrogens with zero attached hydrogens (tertiary/aromatic N) is 1. The molecule has 3 nitrogen and oxygen atoms in total. The molecule has 26 heavy (non-hydrogen) atoms. The summed E-state index contributed by atoms with van der Waals surface area (Å²) in [6.07, 6.45) is 4.31. The number of nitrogens with one attached hydrogen (secondary N) is 1. The van der Waals surface area contributed by atoms with Gasteiger partial charge in [0.1, 0.15) is 0 Å². The second kappa shape index (κ2) is 6.86. The quantitative estimate of drug-likeness (QED) is 0.644. The van der Waals surface area contributed by atoms with Crippen molar-refractivity contribution < 1.29 is 4.79 Å². The zero-order valence-electron chi connectivity index (χ0n) is 14.5. The van der Waals surface area contributed by atoms with Crippen molar-refractivity contribution in [3.63, 3.8) is 0 Å². The van der Waals surface area contributed by atoms with Crippen LogP contribution in [0.2, 0.25) is 5.02 Å². The van der Waals surface area contributed by atoms with Crippen molar-refractivity contribution in [2.45, 2.75) is 31.6 Å². The Balaban J connectivity index is 1.46. The number of amides is 1. The molecule has 1 heterocycles. The van der Waals surface area contributed by atoms with Crippen LogP contribution in [-0.4, -0.2) is 10.9 Å². The molecular formula is C21H19ClN2OS. The third-order valence-electron chi connectivity index (χ3n) is 4.89. The molecule has 2 aromatic carbocycles. The van der Waals surface area contributed by atoms with Gasteiger partial charge in [0.15, 0.2) is 5.13 Å². The van der Waals surface area contributed by atoms with E-state index in [4.69, 9.17) is 11.6 Å². The van der Waals surface area contributed by atoms with Crippen LogP contribution in [-0.2, 0) is 16.6 Å². The molecule has 0 saturated heterocycles. The van der Waals surface area contributed by atoms with Crippen molar-refractivity contribution in [2.24, 2.45) is 0 Å². The first-order valence-electron chi connectivity index (χ1n) is 8.63. The second-order valence-electron chi connectivity index (χ2n) is 6.80. The first kappa shape index (κ1) is 17.3. The third kappa shape index (κ3) is 3.39. The van der Waals surface area contributed by atoms with E-state index in [1.165, 1.54) is 16.9 Å². The van der Waals surface area contributed by atoms with Gasteiger partial charge >= 0.3 is 0 Å². The number of halogens is 1. The summed E-state index contributed by atoms with van der Waals surface area (Å²) in [4.78, 5) is 18.3. The molecule has 0 atom stereocenters. The predicted molar refractivity (Wildman–Crippen MR) is 107 cm³/mol. The molecule has 0 aliphatic heterocycles. The maximum Gasteiger partial charge on any atom is 0.236 e. The summed E-state index contributed by atoms with van der Waals surface area (Å²) < 4.78 is 0. The van der Waals surface area contributed by atoms with E-state index in [1.54, 1.807) is 0 Å². The topological polar surface area (TPSA) is 42.0 Å². The SMILES string of the molecule is Cc1ccc(C2(C(=O)Nc3ncc(Cc4ccccc4Cl)s3)CC2)cc1. The lowest BCUT2D eigenvalue weighted by Gasteiger charge is -2.14. The monoisotopic (exact) mass is 382 g/mol. The average molecular weight is 383 g/mol. The van der Waals surface area contributed by atoms with E-state index < -0.39 is 0 Å². The number of hydrogen-bond donors (Lipinski definition) is 1. The standard InChI is InChI=1S/C21H19ClN2OS/c1-14-6-8-16(9-7-14)21(10-11-21)19(25)24-20-23-13-17(26-20)12-15-4-2-3-5-18(15)22/h2-9,13H,10-12H2,1H3,(H,23,24,25). The van der Waals surface area contributed by atoms with Crippen LogP contribution < -0.4 is 5.32 Å². The number of carbonyl (C=O) groups excluding carboxylic acids is 1. The van der Waals surface area contributed by atoms with Gasteiger partial charge in [0.05, 0.1) is 5.41 Å². The Labute approximate surface area is 162 Å². The fourth-order valence-corrected chi connectivity index (χ4v) is 4.17. The summed E-state index contributed by atoms with van der Waals surface area (Å²) in [6, 6.07) is 16.0. The van der Waals surface area contributed by atoms with Crippen LogP contribution in [0.25, 0.3) is 0 Å². The van der Waals surface area contributed by atoms with Crippen LogP contribution in [0.5, 0.6) is 0 Å². The zero-order chi connectivity index (χ0) is 18.1. The fraction of sp³-hybridized carbons (Fsp3) is 0.238. The van der Waals surface area contributed by atoms with Gasteiger partial charge in [0, 0.05) is 22.5 Å². The Morgan fingerprint density at radius 2 is 1.92 bits per heavy atom. The van der Waals surface area contributed by atoms with Gasteiger partial charge in [-0.05, 0) is 37.0 Å². The van der Waals surface area contributed by atoms with Gasteiger partial charge in [0.25, 0.3) is 0 Å². The Hall–Kier alpha value is -2.17. The van der Waals surface area contributed by atoms with Crippen molar-refractivity contribution >= 4 is 34.0 Å². The molecule has 1 amide bonds. The van der Waals surface area contributed by atoms with Gasteiger partial charge in [-0.2, -0.15) is 0 Å². The van der Waals surface area contributed by atoms with E-state index >= 15 is 0 Å². The molecule has 0 bridgehead atoms. The van der Waals surface area contributed by atoms with Crippen molar-refractivity contribution in [1.82, 2.24) is 4.98 Å². The number of hydrogen-bond acceptors (Lipinski definition) is 3. The number of rotatable bonds is 5. The second-order valence-corrected chi connectivity index (χ2v) is 8.32. The molecule has 132 valence electrons. The highest BCUT2D eigenvalue weighted by atomic mass is 35.5. The number of anilines is 1. The third-order valence-corrected chi connectivity index (χ3v) is 6.17. The highest BCUT2D eigenvalue weighted by Crippen LogP contribution is 2.49. The first-order chi connectivity index (χ1) is 12.6. The van der Waals surface area contributed by atoms with Crippen LogP contribution in [0.4, 0.5) is 5.13 Å². The Morgan fingerprint density at radius 3 is 2.62 bits per heavy atom. The van der Waals surface area contributed by atoms with Gasteiger partial charge in [-0.25, -0.2) is 4.98 Å². The maximum atomic E-state index is 12.8. The minimum atomic E-state index is -0.387. The van der Waals surface area contributed by atoms with Crippen molar-refractivity contribution in [3.8, 4) is 0 Å². The Morgan fingerprint density at radius 1 is 1.19 bits per heavy atom. The van der Waals surface area contributed by atoms with Crippen molar-refractivity contribution in [1.29, 1.82) is 0 Å². The van der Waals surface area contributed by atoms with E-state index in [0.29, 0.717) is 5.13 Å². The van der Waals surface area contributed by atoms with Crippen LogP contribution >= 0.6 is 22.9 Å². The van der Waals surface area contributed by atoms with Gasteiger partial charge in [0.2, 0.25) is 5.91 Å². The number of aryl methyl sites for hydroxylation is 1. The van der Waals surface area contributed by atoms with Gasteiger partial charge < -0.3 is 5.32 Å². The lowest BCUT2D eigenvalue weighted by molar-refractivity contribution is -0.118. The molecule has 5 heteroatoms.